The average molecular weight is 205 g/mol. The number of carbonyl (C=O) groups is 1. The minimum Gasteiger partial charge on any atom is -0.477 e. The van der Waals surface area contributed by atoms with Crippen LogP contribution in [0.25, 0.3) is 0 Å². The Kier molecular flexibility index (Phi) is 3.63. The van der Waals surface area contributed by atoms with Crippen molar-refractivity contribution in [2.75, 3.05) is 5.32 Å². The van der Waals surface area contributed by atoms with Crippen molar-refractivity contribution in [2.24, 2.45) is 0 Å². The van der Waals surface area contributed by atoms with Crippen LogP contribution in [0.1, 0.15) is 23.8 Å². The molecule has 1 heterocycles. The number of nitrogens with zero attached hydrogens (tertiary/aromatic N) is 2. The lowest BCUT2D eigenvalue weighted by Crippen LogP contribution is -2.18. The Morgan fingerprint density at radius 3 is 3.07 bits per heavy atom. The van der Waals surface area contributed by atoms with Crippen LogP contribution in [-0.2, 0) is 0 Å². The molecule has 1 rings (SSSR count). The number of hydrogen-bond acceptors (Lipinski definition) is 4. The third-order valence-electron chi connectivity index (χ3n) is 1.79. The molecule has 0 aliphatic carbocycles. The van der Waals surface area contributed by atoms with Crippen molar-refractivity contribution in [3.05, 3.63) is 18.0 Å². The molecule has 0 radical (unpaired) electrons. The van der Waals surface area contributed by atoms with Gasteiger partial charge in [0.15, 0.2) is 5.69 Å². The van der Waals surface area contributed by atoms with Gasteiger partial charge in [0.1, 0.15) is 0 Å². The van der Waals surface area contributed by atoms with Crippen LogP contribution in [0.4, 0.5) is 5.95 Å². The van der Waals surface area contributed by atoms with E-state index in [2.05, 4.69) is 21.2 Å². The maximum Gasteiger partial charge on any atom is 0.354 e. The quantitative estimate of drug-likeness (QED) is 0.717. The van der Waals surface area contributed by atoms with Gasteiger partial charge in [-0.05, 0) is 12.5 Å². The Morgan fingerprint density at radius 1 is 1.80 bits per heavy atom. The minimum atomic E-state index is -1.09. The van der Waals surface area contributed by atoms with Crippen LogP contribution in [0.2, 0.25) is 0 Å². The van der Waals surface area contributed by atoms with Crippen LogP contribution in [0.3, 0.4) is 0 Å². The van der Waals surface area contributed by atoms with E-state index >= 15 is 0 Å². The van der Waals surface area contributed by atoms with Crippen LogP contribution in [-0.4, -0.2) is 27.1 Å². The SMILES string of the molecule is C#CC(CC)Nc1nccc(C(=O)O)n1. The third kappa shape index (κ3) is 2.95. The van der Waals surface area contributed by atoms with E-state index in [1.54, 1.807) is 0 Å². The highest BCUT2D eigenvalue weighted by molar-refractivity contribution is 5.85. The Bertz CT molecular complexity index is 398. The molecule has 0 bridgehead atoms. The topological polar surface area (TPSA) is 75.1 Å². The molecule has 0 amide bonds. The van der Waals surface area contributed by atoms with Gasteiger partial charge in [0, 0.05) is 6.20 Å². The smallest absolute Gasteiger partial charge is 0.354 e. The van der Waals surface area contributed by atoms with E-state index in [1.807, 2.05) is 6.92 Å². The highest BCUT2D eigenvalue weighted by Gasteiger charge is 2.08. The van der Waals surface area contributed by atoms with Crippen LogP contribution < -0.4 is 5.32 Å². The van der Waals surface area contributed by atoms with Crippen LogP contribution in [0.5, 0.6) is 0 Å². The summed E-state index contributed by atoms with van der Waals surface area (Å²) in [5, 5.41) is 11.6. The fourth-order valence-corrected chi connectivity index (χ4v) is 0.965. The molecule has 5 heteroatoms. The zero-order valence-corrected chi connectivity index (χ0v) is 8.27. The molecule has 15 heavy (non-hydrogen) atoms. The summed E-state index contributed by atoms with van der Waals surface area (Å²) in [6.45, 7) is 1.92. The minimum absolute atomic E-state index is 0.0561. The third-order valence-corrected chi connectivity index (χ3v) is 1.79. The molecule has 1 aromatic heterocycles. The number of hydrogen-bond donors (Lipinski definition) is 2. The fourth-order valence-electron chi connectivity index (χ4n) is 0.965. The summed E-state index contributed by atoms with van der Waals surface area (Å²) in [5.74, 6) is 1.66. The van der Waals surface area contributed by atoms with E-state index in [1.165, 1.54) is 12.3 Å². The molecule has 0 aliphatic rings. The summed E-state index contributed by atoms with van der Waals surface area (Å²) in [5.41, 5.74) is -0.0561. The van der Waals surface area contributed by atoms with Gasteiger partial charge in [0.05, 0.1) is 6.04 Å². The molecule has 0 aromatic carbocycles. The summed E-state index contributed by atoms with van der Waals surface area (Å²) < 4.78 is 0. The van der Waals surface area contributed by atoms with Crippen LogP contribution >= 0.6 is 0 Å². The van der Waals surface area contributed by atoms with Gasteiger partial charge in [0.2, 0.25) is 5.95 Å². The van der Waals surface area contributed by atoms with E-state index in [0.717, 1.165) is 6.42 Å². The summed E-state index contributed by atoms with van der Waals surface area (Å²) in [7, 11) is 0. The molecule has 0 saturated carbocycles. The Balaban J connectivity index is 2.83. The van der Waals surface area contributed by atoms with E-state index in [-0.39, 0.29) is 17.7 Å². The summed E-state index contributed by atoms with van der Waals surface area (Å²) >= 11 is 0. The molecular formula is C10H11N3O2. The number of aromatic nitrogens is 2. The number of terminal acetylenes is 1. The molecule has 0 aliphatic heterocycles. The van der Waals surface area contributed by atoms with Gasteiger partial charge in [-0.25, -0.2) is 14.8 Å². The van der Waals surface area contributed by atoms with Gasteiger partial charge >= 0.3 is 5.97 Å². The average Bonchev–Trinajstić information content (AvgIpc) is 2.26. The molecule has 5 nitrogen and oxygen atoms in total. The molecule has 2 N–H and O–H groups in total. The van der Waals surface area contributed by atoms with Crippen molar-refractivity contribution in [3.63, 3.8) is 0 Å². The van der Waals surface area contributed by atoms with Crippen molar-refractivity contribution in [2.45, 2.75) is 19.4 Å². The maximum absolute atomic E-state index is 10.6. The van der Waals surface area contributed by atoms with Gasteiger partial charge in [0.25, 0.3) is 0 Å². The molecule has 0 spiro atoms. The maximum atomic E-state index is 10.6. The van der Waals surface area contributed by atoms with Gasteiger partial charge in [-0.15, -0.1) is 6.42 Å². The summed E-state index contributed by atoms with van der Waals surface area (Å²) in [6, 6.07) is 1.14. The predicted octanol–water partition coefficient (Wildman–Crippen LogP) is 0.998. The zero-order valence-electron chi connectivity index (χ0n) is 8.27. The highest BCUT2D eigenvalue weighted by atomic mass is 16.4. The number of carboxylic acid groups (broad SMARTS) is 1. The van der Waals surface area contributed by atoms with Crippen molar-refractivity contribution in [3.8, 4) is 12.3 Å². The molecule has 78 valence electrons. The Hall–Kier alpha value is -2.09. The van der Waals surface area contributed by atoms with Gasteiger partial charge in [-0.3, -0.25) is 0 Å². The number of carboxylic acids is 1. The number of rotatable bonds is 4. The van der Waals surface area contributed by atoms with Gasteiger partial charge in [-0.2, -0.15) is 0 Å². The van der Waals surface area contributed by atoms with Crippen LogP contribution in [0.15, 0.2) is 12.3 Å². The number of aromatic carboxylic acids is 1. The standard InChI is InChI=1S/C10H11N3O2/c1-3-7(4-2)12-10-11-6-5-8(13-10)9(14)15/h1,5-7H,4H2,2H3,(H,14,15)(H,11,12,13). The van der Waals surface area contributed by atoms with Crippen LogP contribution in [0, 0.1) is 12.3 Å². The van der Waals surface area contributed by atoms with E-state index < -0.39 is 5.97 Å². The fraction of sp³-hybridized carbons (Fsp3) is 0.300. The lowest BCUT2D eigenvalue weighted by molar-refractivity contribution is 0.0690. The molecule has 0 fully saturated rings. The van der Waals surface area contributed by atoms with Crippen molar-refractivity contribution < 1.29 is 9.90 Å². The van der Waals surface area contributed by atoms with Gasteiger partial charge in [-0.1, -0.05) is 12.8 Å². The monoisotopic (exact) mass is 205 g/mol. The first-order valence-corrected chi connectivity index (χ1v) is 4.46. The second-order valence-electron chi connectivity index (χ2n) is 2.84. The van der Waals surface area contributed by atoms with E-state index in [9.17, 15) is 4.79 Å². The molecule has 1 atom stereocenters. The first-order chi connectivity index (χ1) is 7.17. The highest BCUT2D eigenvalue weighted by Crippen LogP contribution is 2.03. The first-order valence-electron chi connectivity index (χ1n) is 4.46. The van der Waals surface area contributed by atoms with Crippen molar-refractivity contribution in [1.29, 1.82) is 0 Å². The number of nitrogens with one attached hydrogen (secondary N) is 1. The second-order valence-corrected chi connectivity index (χ2v) is 2.84. The van der Waals surface area contributed by atoms with Gasteiger partial charge < -0.3 is 10.4 Å². The van der Waals surface area contributed by atoms with Crippen molar-refractivity contribution in [1.82, 2.24) is 9.97 Å². The zero-order chi connectivity index (χ0) is 11.3. The molecule has 0 saturated heterocycles. The van der Waals surface area contributed by atoms with E-state index in [4.69, 9.17) is 11.5 Å². The van der Waals surface area contributed by atoms with E-state index in [0.29, 0.717) is 0 Å². The largest absolute Gasteiger partial charge is 0.477 e. The first kappa shape index (κ1) is 11.0. The normalized spacial score (nSPS) is 11.5. The molecular weight excluding hydrogens is 194 g/mol. The second kappa shape index (κ2) is 4.96. The Morgan fingerprint density at radius 2 is 2.53 bits per heavy atom. The molecule has 1 unspecified atom stereocenters. The summed E-state index contributed by atoms with van der Waals surface area (Å²) in [6.07, 6.45) is 7.34. The Labute approximate surface area is 87.6 Å². The lowest BCUT2D eigenvalue weighted by Gasteiger charge is -2.09. The number of anilines is 1. The predicted molar refractivity (Wildman–Crippen MR) is 55.5 cm³/mol. The summed E-state index contributed by atoms with van der Waals surface area (Å²) in [4.78, 5) is 18.3. The lowest BCUT2D eigenvalue weighted by atomic mass is 10.2. The van der Waals surface area contributed by atoms with Crippen molar-refractivity contribution >= 4 is 11.9 Å². The molecule has 1 aromatic rings.